The summed E-state index contributed by atoms with van der Waals surface area (Å²) in [6.45, 7) is 2.05. The Bertz CT molecular complexity index is 711. The van der Waals surface area contributed by atoms with Gasteiger partial charge in [-0.1, -0.05) is 29.3 Å². The predicted octanol–water partition coefficient (Wildman–Crippen LogP) is 3.93. The number of pyridine rings is 1. The van der Waals surface area contributed by atoms with Gasteiger partial charge in [-0.2, -0.15) is 0 Å². The molecule has 0 aliphatic heterocycles. The van der Waals surface area contributed by atoms with Gasteiger partial charge >= 0.3 is 0 Å². The van der Waals surface area contributed by atoms with Crippen LogP contribution in [0.15, 0.2) is 42.6 Å². The maximum Gasteiger partial charge on any atom is 0.258 e. The molecule has 1 aromatic heterocycles. The van der Waals surface area contributed by atoms with Crippen molar-refractivity contribution in [2.45, 2.75) is 44.8 Å². The molecule has 0 unspecified atom stereocenters. The molecule has 0 bridgehead atoms. The van der Waals surface area contributed by atoms with Crippen LogP contribution >= 0.6 is 11.6 Å². The molecule has 2 aromatic rings. The number of benzene rings is 1. The minimum absolute atomic E-state index is 0.0359. The highest BCUT2D eigenvalue weighted by Gasteiger charge is 2.24. The van der Waals surface area contributed by atoms with Crippen molar-refractivity contribution in [3.05, 3.63) is 53.2 Å². The van der Waals surface area contributed by atoms with E-state index in [9.17, 15) is 4.79 Å². The van der Waals surface area contributed by atoms with E-state index in [0.29, 0.717) is 16.7 Å². The predicted molar refractivity (Wildman–Crippen MR) is 101 cm³/mol. The summed E-state index contributed by atoms with van der Waals surface area (Å²) in [6, 6.07) is 11.4. The number of amides is 1. The second kappa shape index (κ2) is 8.90. The zero-order valence-corrected chi connectivity index (χ0v) is 15.5. The maximum absolute atomic E-state index is 12.1. The third-order valence-corrected chi connectivity index (χ3v) is 4.64. The Morgan fingerprint density at radius 1 is 1.15 bits per heavy atom. The number of ether oxygens (including phenoxy) is 2. The maximum atomic E-state index is 12.1. The van der Waals surface area contributed by atoms with E-state index < -0.39 is 0 Å². The Labute approximate surface area is 158 Å². The lowest BCUT2D eigenvalue weighted by Gasteiger charge is -2.29. The van der Waals surface area contributed by atoms with E-state index in [4.69, 9.17) is 21.1 Å². The van der Waals surface area contributed by atoms with Crippen molar-refractivity contribution in [3.8, 4) is 11.6 Å². The van der Waals surface area contributed by atoms with Gasteiger partial charge in [-0.25, -0.2) is 4.98 Å². The van der Waals surface area contributed by atoms with Crippen molar-refractivity contribution in [3.63, 3.8) is 0 Å². The Morgan fingerprint density at radius 2 is 1.88 bits per heavy atom. The molecule has 1 aliphatic carbocycles. The quantitative estimate of drug-likeness (QED) is 0.832. The van der Waals surface area contributed by atoms with Gasteiger partial charge in [-0.15, -0.1) is 0 Å². The first-order valence-electron chi connectivity index (χ1n) is 8.85. The van der Waals surface area contributed by atoms with Crippen LogP contribution in [0.2, 0.25) is 5.02 Å². The number of rotatable bonds is 6. The third kappa shape index (κ3) is 5.63. The summed E-state index contributed by atoms with van der Waals surface area (Å²) in [5.41, 5.74) is 1.16. The van der Waals surface area contributed by atoms with E-state index >= 15 is 0 Å². The third-order valence-electron chi connectivity index (χ3n) is 4.42. The SMILES string of the molecule is Cc1ccc(OCC(=O)NC2CCC(Oc3ccc(Cl)cn3)CC2)cc1. The molecule has 3 rings (SSSR count). The largest absolute Gasteiger partial charge is 0.484 e. The molecule has 1 aromatic carbocycles. The lowest BCUT2D eigenvalue weighted by molar-refractivity contribution is -0.124. The minimum atomic E-state index is -0.0886. The fourth-order valence-electron chi connectivity index (χ4n) is 2.98. The molecular weight excluding hydrogens is 352 g/mol. The van der Waals surface area contributed by atoms with E-state index in [0.717, 1.165) is 31.2 Å². The van der Waals surface area contributed by atoms with E-state index in [-0.39, 0.29) is 24.7 Å². The molecule has 0 radical (unpaired) electrons. The summed E-state index contributed by atoms with van der Waals surface area (Å²) in [6.07, 6.45) is 5.24. The Hall–Kier alpha value is -2.27. The Kier molecular flexibility index (Phi) is 6.34. The van der Waals surface area contributed by atoms with Crippen LogP contribution in [-0.4, -0.2) is 29.6 Å². The average molecular weight is 375 g/mol. The summed E-state index contributed by atoms with van der Waals surface area (Å²) < 4.78 is 11.4. The first kappa shape index (κ1) is 18.5. The Morgan fingerprint density at radius 3 is 2.54 bits per heavy atom. The fraction of sp³-hybridized carbons (Fsp3) is 0.400. The molecule has 26 heavy (non-hydrogen) atoms. The molecule has 138 valence electrons. The highest BCUT2D eigenvalue weighted by atomic mass is 35.5. The summed E-state index contributed by atoms with van der Waals surface area (Å²) in [5.74, 6) is 1.21. The zero-order chi connectivity index (χ0) is 18.4. The van der Waals surface area contributed by atoms with Crippen molar-refractivity contribution < 1.29 is 14.3 Å². The molecule has 1 amide bonds. The summed E-state index contributed by atoms with van der Waals surface area (Å²) in [5, 5.41) is 3.63. The van der Waals surface area contributed by atoms with Gasteiger partial charge in [0, 0.05) is 18.3 Å². The number of nitrogens with zero attached hydrogens (tertiary/aromatic N) is 1. The van der Waals surface area contributed by atoms with E-state index in [1.165, 1.54) is 0 Å². The summed E-state index contributed by atoms with van der Waals surface area (Å²) >= 11 is 5.83. The Balaban J connectivity index is 1.37. The molecule has 1 heterocycles. The number of aromatic nitrogens is 1. The smallest absolute Gasteiger partial charge is 0.258 e. The van der Waals surface area contributed by atoms with Gasteiger partial charge in [0.15, 0.2) is 6.61 Å². The van der Waals surface area contributed by atoms with Crippen LogP contribution in [0.3, 0.4) is 0 Å². The van der Waals surface area contributed by atoms with Gasteiger partial charge < -0.3 is 14.8 Å². The monoisotopic (exact) mass is 374 g/mol. The normalized spacial score (nSPS) is 19.6. The number of hydrogen-bond donors (Lipinski definition) is 1. The van der Waals surface area contributed by atoms with E-state index in [2.05, 4.69) is 10.3 Å². The molecule has 5 nitrogen and oxygen atoms in total. The fourth-order valence-corrected chi connectivity index (χ4v) is 3.09. The molecule has 1 N–H and O–H groups in total. The molecule has 1 fully saturated rings. The summed E-state index contributed by atoms with van der Waals surface area (Å²) in [4.78, 5) is 16.2. The lowest BCUT2D eigenvalue weighted by atomic mass is 9.93. The standard InChI is InChI=1S/C20H23ClN2O3/c1-14-2-7-17(8-3-14)25-13-19(24)23-16-5-9-18(10-6-16)26-20-11-4-15(21)12-22-20/h2-4,7-8,11-12,16,18H,5-6,9-10,13H2,1H3,(H,23,24). The molecule has 0 atom stereocenters. The van der Waals surface area contributed by atoms with Crippen molar-refractivity contribution in [2.75, 3.05) is 6.61 Å². The van der Waals surface area contributed by atoms with Crippen molar-refractivity contribution in [1.29, 1.82) is 0 Å². The topological polar surface area (TPSA) is 60.5 Å². The number of hydrogen-bond acceptors (Lipinski definition) is 4. The van der Waals surface area contributed by atoms with E-state index in [1.807, 2.05) is 31.2 Å². The van der Waals surface area contributed by atoms with Crippen LogP contribution in [0, 0.1) is 6.92 Å². The lowest BCUT2D eigenvalue weighted by Crippen LogP contribution is -2.41. The highest BCUT2D eigenvalue weighted by Crippen LogP contribution is 2.23. The van der Waals surface area contributed by atoms with Crippen molar-refractivity contribution in [1.82, 2.24) is 10.3 Å². The molecule has 0 spiro atoms. The number of carbonyl (C=O) groups excluding carboxylic acids is 1. The van der Waals surface area contributed by atoms with Gasteiger partial charge in [0.2, 0.25) is 5.88 Å². The minimum Gasteiger partial charge on any atom is -0.484 e. The van der Waals surface area contributed by atoms with Crippen LogP contribution in [0.5, 0.6) is 11.6 Å². The highest BCUT2D eigenvalue weighted by molar-refractivity contribution is 6.30. The number of nitrogens with one attached hydrogen (secondary N) is 1. The van der Waals surface area contributed by atoms with Crippen LogP contribution in [0.25, 0.3) is 0 Å². The molecular formula is C20H23ClN2O3. The van der Waals surface area contributed by atoms with Crippen LogP contribution < -0.4 is 14.8 Å². The van der Waals surface area contributed by atoms with Gasteiger partial charge in [-0.05, 0) is 50.8 Å². The number of halogens is 1. The van der Waals surface area contributed by atoms with Gasteiger partial charge in [0.25, 0.3) is 5.91 Å². The second-order valence-electron chi connectivity index (χ2n) is 6.58. The first-order valence-corrected chi connectivity index (χ1v) is 9.23. The van der Waals surface area contributed by atoms with Crippen LogP contribution in [-0.2, 0) is 4.79 Å². The second-order valence-corrected chi connectivity index (χ2v) is 7.01. The number of aryl methyl sites for hydroxylation is 1. The molecule has 0 saturated heterocycles. The zero-order valence-electron chi connectivity index (χ0n) is 14.8. The van der Waals surface area contributed by atoms with Gasteiger partial charge in [0.05, 0.1) is 5.02 Å². The summed E-state index contributed by atoms with van der Waals surface area (Å²) in [7, 11) is 0. The van der Waals surface area contributed by atoms with Gasteiger partial charge in [0.1, 0.15) is 11.9 Å². The van der Waals surface area contributed by atoms with Crippen molar-refractivity contribution >= 4 is 17.5 Å². The van der Waals surface area contributed by atoms with Gasteiger partial charge in [-0.3, -0.25) is 4.79 Å². The average Bonchev–Trinajstić information content (AvgIpc) is 2.65. The number of carbonyl (C=O) groups is 1. The molecule has 1 saturated carbocycles. The van der Waals surface area contributed by atoms with E-state index in [1.54, 1.807) is 18.3 Å². The van der Waals surface area contributed by atoms with Crippen LogP contribution in [0.4, 0.5) is 0 Å². The molecule has 1 aliphatic rings. The van der Waals surface area contributed by atoms with Crippen molar-refractivity contribution in [2.24, 2.45) is 0 Å². The first-order chi connectivity index (χ1) is 12.6. The van der Waals surface area contributed by atoms with Crippen LogP contribution in [0.1, 0.15) is 31.2 Å². The molecule has 6 heteroatoms.